The lowest BCUT2D eigenvalue weighted by atomic mass is 9.75. The van der Waals surface area contributed by atoms with Crippen molar-refractivity contribution >= 4 is 11.9 Å². The highest BCUT2D eigenvalue weighted by Gasteiger charge is 2.51. The fourth-order valence-electron chi connectivity index (χ4n) is 7.03. The molecule has 0 spiro atoms. The number of ether oxygens (including phenoxy) is 2. The largest absolute Gasteiger partial charge is 0.469 e. The second kappa shape index (κ2) is 13.6. The van der Waals surface area contributed by atoms with E-state index < -0.39 is 0 Å². The van der Waals surface area contributed by atoms with Crippen molar-refractivity contribution in [1.29, 1.82) is 0 Å². The van der Waals surface area contributed by atoms with E-state index in [4.69, 9.17) is 13.9 Å². The Hall–Kier alpha value is -2.67. The van der Waals surface area contributed by atoms with Gasteiger partial charge in [-0.05, 0) is 55.6 Å². The summed E-state index contributed by atoms with van der Waals surface area (Å²) in [5.74, 6) is 1.48. The third-order valence-electron chi connectivity index (χ3n) is 9.14. The number of hydrogen-bond donors (Lipinski definition) is 1. The highest BCUT2D eigenvalue weighted by atomic mass is 16.5. The van der Waals surface area contributed by atoms with Crippen LogP contribution in [-0.4, -0.2) is 42.7 Å². The van der Waals surface area contributed by atoms with Gasteiger partial charge in [0, 0.05) is 18.9 Å². The SMILES string of the molecule is COC(=O)CCCc1ccccc1C[C@@H]1[C@H](c2nc(C(=O)NCCCCC3CCCCC3)co2)[C@H]2CC[C@@H]1O2. The normalized spacial score (nSPS) is 24.6. The summed E-state index contributed by atoms with van der Waals surface area (Å²) in [6, 6.07) is 8.46. The summed E-state index contributed by atoms with van der Waals surface area (Å²) in [5, 5.41) is 3.04. The zero-order chi connectivity index (χ0) is 27.0. The topological polar surface area (TPSA) is 90.7 Å². The van der Waals surface area contributed by atoms with Crippen molar-refractivity contribution in [1.82, 2.24) is 10.3 Å². The number of aryl methyl sites for hydroxylation is 1. The maximum atomic E-state index is 12.8. The molecule has 5 rings (SSSR count). The molecule has 39 heavy (non-hydrogen) atoms. The van der Waals surface area contributed by atoms with E-state index in [0.717, 1.165) is 44.4 Å². The molecule has 3 heterocycles. The van der Waals surface area contributed by atoms with Crippen molar-refractivity contribution in [2.75, 3.05) is 13.7 Å². The van der Waals surface area contributed by atoms with E-state index >= 15 is 0 Å². The molecule has 1 aliphatic carbocycles. The van der Waals surface area contributed by atoms with E-state index in [0.29, 0.717) is 24.6 Å². The van der Waals surface area contributed by atoms with Crippen LogP contribution in [0.5, 0.6) is 0 Å². The molecule has 0 unspecified atom stereocenters. The number of esters is 1. The van der Waals surface area contributed by atoms with Gasteiger partial charge in [-0.3, -0.25) is 9.59 Å². The van der Waals surface area contributed by atoms with Crippen LogP contribution >= 0.6 is 0 Å². The minimum Gasteiger partial charge on any atom is -0.469 e. The highest BCUT2D eigenvalue weighted by molar-refractivity contribution is 5.91. The van der Waals surface area contributed by atoms with Crippen LogP contribution in [-0.2, 0) is 27.1 Å². The Morgan fingerprint density at radius 3 is 2.62 bits per heavy atom. The molecule has 3 fully saturated rings. The second-order valence-electron chi connectivity index (χ2n) is 11.7. The summed E-state index contributed by atoms with van der Waals surface area (Å²) >= 11 is 0. The number of carbonyl (C=O) groups is 2. The summed E-state index contributed by atoms with van der Waals surface area (Å²) in [4.78, 5) is 29.0. The smallest absolute Gasteiger partial charge is 0.305 e. The van der Waals surface area contributed by atoms with Gasteiger partial charge in [0.1, 0.15) is 6.26 Å². The van der Waals surface area contributed by atoms with Gasteiger partial charge in [-0.25, -0.2) is 4.98 Å². The van der Waals surface area contributed by atoms with Gasteiger partial charge in [-0.2, -0.15) is 0 Å². The van der Waals surface area contributed by atoms with Gasteiger partial charge in [0.2, 0.25) is 5.89 Å². The number of nitrogens with zero attached hydrogens (tertiary/aromatic N) is 1. The summed E-state index contributed by atoms with van der Waals surface area (Å²) in [5.41, 5.74) is 2.91. The van der Waals surface area contributed by atoms with Gasteiger partial charge in [0.15, 0.2) is 5.69 Å². The molecule has 3 aliphatic rings. The molecule has 7 nitrogen and oxygen atoms in total. The number of rotatable bonds is 13. The number of oxazole rings is 1. The first-order chi connectivity index (χ1) is 19.1. The van der Waals surface area contributed by atoms with E-state index in [2.05, 4.69) is 34.6 Å². The van der Waals surface area contributed by atoms with Crippen molar-refractivity contribution in [3.63, 3.8) is 0 Å². The van der Waals surface area contributed by atoms with Crippen molar-refractivity contribution in [2.24, 2.45) is 11.8 Å². The van der Waals surface area contributed by atoms with Crippen molar-refractivity contribution in [3.8, 4) is 0 Å². The Morgan fingerprint density at radius 2 is 1.79 bits per heavy atom. The Morgan fingerprint density at radius 1 is 1.00 bits per heavy atom. The molecule has 1 aromatic carbocycles. The predicted octanol–water partition coefficient (Wildman–Crippen LogP) is 6.15. The Labute approximate surface area is 232 Å². The van der Waals surface area contributed by atoms with Gasteiger partial charge in [-0.15, -0.1) is 0 Å². The molecule has 4 atom stereocenters. The molecular weight excluding hydrogens is 492 g/mol. The molecule has 2 bridgehead atoms. The fourth-order valence-corrected chi connectivity index (χ4v) is 7.03. The molecule has 1 aromatic heterocycles. The number of amides is 1. The third kappa shape index (κ3) is 7.10. The number of hydrogen-bond acceptors (Lipinski definition) is 6. The van der Waals surface area contributed by atoms with Gasteiger partial charge in [-0.1, -0.05) is 69.2 Å². The quantitative estimate of drug-likeness (QED) is 0.244. The molecular formula is C32H44N2O5. The van der Waals surface area contributed by atoms with Gasteiger partial charge in [0.25, 0.3) is 5.91 Å². The number of methoxy groups -OCH3 is 1. The average molecular weight is 537 g/mol. The maximum Gasteiger partial charge on any atom is 0.305 e. The van der Waals surface area contributed by atoms with Gasteiger partial charge >= 0.3 is 5.97 Å². The molecule has 7 heteroatoms. The summed E-state index contributed by atoms with van der Waals surface area (Å²) in [7, 11) is 1.43. The minimum absolute atomic E-state index is 0.0453. The monoisotopic (exact) mass is 536 g/mol. The number of carbonyl (C=O) groups excluding carboxylic acids is 2. The van der Waals surface area contributed by atoms with Crippen LogP contribution in [0.3, 0.4) is 0 Å². The van der Waals surface area contributed by atoms with Gasteiger partial charge < -0.3 is 19.2 Å². The summed E-state index contributed by atoms with van der Waals surface area (Å²) in [6.45, 7) is 0.681. The Bertz CT molecular complexity index is 1090. The second-order valence-corrected chi connectivity index (χ2v) is 11.7. The lowest BCUT2D eigenvalue weighted by Gasteiger charge is -2.26. The summed E-state index contributed by atoms with van der Waals surface area (Å²) in [6.07, 6.45) is 17.1. The van der Waals surface area contributed by atoms with Crippen LogP contribution in [0.2, 0.25) is 0 Å². The fraction of sp³-hybridized carbons (Fsp3) is 0.656. The van der Waals surface area contributed by atoms with Gasteiger partial charge in [0.05, 0.1) is 25.2 Å². The number of unbranched alkanes of at least 4 members (excludes halogenated alkanes) is 1. The zero-order valence-corrected chi connectivity index (χ0v) is 23.4. The molecule has 1 amide bonds. The van der Waals surface area contributed by atoms with E-state index in [1.165, 1.54) is 69.4 Å². The third-order valence-corrected chi connectivity index (χ3v) is 9.14. The highest BCUT2D eigenvalue weighted by Crippen LogP contribution is 2.50. The standard InChI is InChI=1S/C32H44N2O5/c1-37-29(35)16-9-15-23-13-5-6-14-24(23)20-25-27-17-18-28(39-27)30(25)32-34-26(21-38-32)31(36)33-19-8-7-12-22-10-3-2-4-11-22/h5-6,13-14,21-22,25,27-28,30H,2-4,7-12,15-20H2,1H3,(H,33,36)/t25-,27-,28+,30-/m0/s1. The number of benzene rings is 1. The first-order valence-corrected chi connectivity index (χ1v) is 15.1. The lowest BCUT2D eigenvalue weighted by Crippen LogP contribution is -2.28. The molecule has 1 N–H and O–H groups in total. The number of nitrogens with one attached hydrogen (secondary N) is 1. The Balaban J connectivity index is 1.16. The van der Waals surface area contributed by atoms with Crippen LogP contribution in [0.4, 0.5) is 0 Å². The van der Waals surface area contributed by atoms with E-state index in [1.807, 2.05) is 0 Å². The lowest BCUT2D eigenvalue weighted by molar-refractivity contribution is -0.140. The molecule has 212 valence electrons. The van der Waals surface area contributed by atoms with Crippen molar-refractivity contribution in [3.05, 3.63) is 53.2 Å². The molecule has 1 saturated carbocycles. The summed E-state index contributed by atoms with van der Waals surface area (Å²) < 4.78 is 17.1. The first-order valence-electron chi connectivity index (χ1n) is 15.1. The van der Waals surface area contributed by atoms with Crippen LogP contribution in [0.15, 0.2) is 34.9 Å². The zero-order valence-electron chi connectivity index (χ0n) is 23.4. The minimum atomic E-state index is -0.169. The van der Waals surface area contributed by atoms with Crippen LogP contribution in [0.1, 0.15) is 110 Å². The molecule has 2 aromatic rings. The first kappa shape index (κ1) is 27.9. The average Bonchev–Trinajstić information content (AvgIpc) is 3.71. The van der Waals surface area contributed by atoms with Crippen LogP contribution < -0.4 is 5.32 Å². The number of aromatic nitrogens is 1. The number of fused-ring (bicyclic) bond motifs is 2. The van der Waals surface area contributed by atoms with E-state index in [9.17, 15) is 9.59 Å². The van der Waals surface area contributed by atoms with Crippen molar-refractivity contribution in [2.45, 2.75) is 108 Å². The van der Waals surface area contributed by atoms with Crippen LogP contribution in [0.25, 0.3) is 0 Å². The molecule has 2 aliphatic heterocycles. The van der Waals surface area contributed by atoms with E-state index in [-0.39, 0.29) is 35.9 Å². The molecule has 0 radical (unpaired) electrons. The predicted molar refractivity (Wildman–Crippen MR) is 148 cm³/mol. The molecule has 2 saturated heterocycles. The maximum absolute atomic E-state index is 12.8. The van der Waals surface area contributed by atoms with Crippen LogP contribution in [0, 0.1) is 11.8 Å². The Kier molecular flexibility index (Phi) is 9.72. The van der Waals surface area contributed by atoms with Crippen molar-refractivity contribution < 1.29 is 23.5 Å². The van der Waals surface area contributed by atoms with E-state index in [1.54, 1.807) is 0 Å².